The summed E-state index contributed by atoms with van der Waals surface area (Å²) in [6.07, 6.45) is 3.81. The number of halogens is 1. The van der Waals surface area contributed by atoms with Crippen LogP contribution < -0.4 is 0 Å². The number of hydrogen-bond donors (Lipinski definition) is 0. The molecule has 3 aromatic rings. The first-order chi connectivity index (χ1) is 14.7. The summed E-state index contributed by atoms with van der Waals surface area (Å²) < 4.78 is 33.4. The van der Waals surface area contributed by atoms with E-state index in [0.717, 1.165) is 0 Å². The number of sulfonamides is 1. The summed E-state index contributed by atoms with van der Waals surface area (Å²) in [7, 11) is -2.26. The number of esters is 1. The van der Waals surface area contributed by atoms with Gasteiger partial charge in [-0.25, -0.2) is 17.7 Å². The van der Waals surface area contributed by atoms with Crippen molar-refractivity contribution in [2.75, 3.05) is 13.6 Å². The quantitative estimate of drug-likeness (QED) is 0.356. The van der Waals surface area contributed by atoms with Crippen molar-refractivity contribution in [3.63, 3.8) is 0 Å². The fourth-order valence-electron chi connectivity index (χ4n) is 2.92. The van der Waals surface area contributed by atoms with Gasteiger partial charge in [0.25, 0.3) is 0 Å². The maximum absolute atomic E-state index is 12.6. The molecule has 1 aromatic carbocycles. The number of benzene rings is 1. The zero-order valence-electron chi connectivity index (χ0n) is 17.1. The van der Waals surface area contributed by atoms with Crippen molar-refractivity contribution in [3.8, 4) is 0 Å². The average Bonchev–Trinajstić information content (AvgIpc) is 3.14. The third-order valence-electron chi connectivity index (χ3n) is 4.67. The Balaban J connectivity index is 1.48. The van der Waals surface area contributed by atoms with Crippen LogP contribution in [0.5, 0.6) is 0 Å². The van der Waals surface area contributed by atoms with Crippen LogP contribution >= 0.6 is 11.6 Å². The van der Waals surface area contributed by atoms with Crippen LogP contribution in [0.25, 0.3) is 5.65 Å². The first-order valence-corrected chi connectivity index (χ1v) is 11.3. The number of carbonyl (C=O) groups is 2. The van der Waals surface area contributed by atoms with Crippen molar-refractivity contribution < 1.29 is 22.7 Å². The van der Waals surface area contributed by atoms with Crippen molar-refractivity contribution in [1.29, 1.82) is 0 Å². The number of hydrogen-bond acceptors (Lipinski definition) is 6. The van der Waals surface area contributed by atoms with Crippen LogP contribution in [0.15, 0.2) is 53.7 Å². The molecule has 0 amide bonds. The maximum atomic E-state index is 12.6. The molecule has 0 aliphatic heterocycles. The van der Waals surface area contributed by atoms with Crippen LogP contribution in [0.3, 0.4) is 0 Å². The van der Waals surface area contributed by atoms with E-state index in [4.69, 9.17) is 16.3 Å². The molecule has 164 valence electrons. The number of ketones is 1. The van der Waals surface area contributed by atoms with Crippen molar-refractivity contribution in [2.45, 2.75) is 31.3 Å². The zero-order chi connectivity index (χ0) is 22.6. The number of fused-ring (bicyclic) bond motifs is 1. The van der Waals surface area contributed by atoms with E-state index < -0.39 is 16.0 Å². The monoisotopic (exact) mass is 463 g/mol. The van der Waals surface area contributed by atoms with Gasteiger partial charge in [-0.3, -0.25) is 9.59 Å². The van der Waals surface area contributed by atoms with Crippen molar-refractivity contribution in [1.82, 2.24) is 13.7 Å². The first-order valence-electron chi connectivity index (χ1n) is 9.53. The van der Waals surface area contributed by atoms with Crippen LogP contribution in [-0.4, -0.2) is 47.5 Å². The van der Waals surface area contributed by atoms with Crippen LogP contribution in [-0.2, 0) is 26.2 Å². The summed E-state index contributed by atoms with van der Waals surface area (Å²) in [5.74, 6) is -0.574. The first kappa shape index (κ1) is 22.9. The van der Waals surface area contributed by atoms with E-state index >= 15 is 0 Å². The molecule has 3 rings (SSSR count). The number of ether oxygens (including phenoxy) is 1. The molecule has 31 heavy (non-hydrogen) atoms. The van der Waals surface area contributed by atoms with Crippen LogP contribution in [0, 0.1) is 0 Å². The number of pyridine rings is 1. The van der Waals surface area contributed by atoms with Gasteiger partial charge in [0.05, 0.1) is 15.6 Å². The highest BCUT2D eigenvalue weighted by Gasteiger charge is 2.21. The van der Waals surface area contributed by atoms with Gasteiger partial charge in [0, 0.05) is 38.0 Å². The predicted molar refractivity (Wildman–Crippen MR) is 115 cm³/mol. The lowest BCUT2D eigenvalue weighted by molar-refractivity contribution is -0.145. The molecule has 0 unspecified atom stereocenters. The van der Waals surface area contributed by atoms with Crippen molar-refractivity contribution >= 4 is 39.0 Å². The molecule has 2 aromatic heterocycles. The van der Waals surface area contributed by atoms with Gasteiger partial charge in [0.1, 0.15) is 12.3 Å². The summed E-state index contributed by atoms with van der Waals surface area (Å²) >= 11 is 5.93. The minimum absolute atomic E-state index is 0.0226. The number of aromatic nitrogens is 2. The van der Waals surface area contributed by atoms with Gasteiger partial charge in [-0.15, -0.1) is 0 Å². The molecule has 0 spiro atoms. The van der Waals surface area contributed by atoms with Gasteiger partial charge in [0.2, 0.25) is 10.0 Å². The molecular weight excluding hydrogens is 442 g/mol. The average molecular weight is 464 g/mol. The molecule has 8 nitrogen and oxygen atoms in total. The Morgan fingerprint density at radius 1 is 1.13 bits per heavy atom. The fraction of sp³-hybridized carbons (Fsp3) is 0.286. The number of rotatable bonds is 9. The number of imidazole rings is 1. The lowest BCUT2D eigenvalue weighted by atomic mass is 10.2. The Morgan fingerprint density at radius 2 is 1.84 bits per heavy atom. The van der Waals surface area contributed by atoms with Crippen molar-refractivity contribution in [2.24, 2.45) is 0 Å². The molecule has 0 saturated heterocycles. The summed E-state index contributed by atoms with van der Waals surface area (Å²) in [5.41, 5.74) is 1.72. The number of nitrogens with zero attached hydrogens (tertiary/aromatic N) is 3. The Hall–Kier alpha value is -2.75. The summed E-state index contributed by atoms with van der Waals surface area (Å²) in [5, 5.41) is 0.572. The SMILES string of the molecule is CC(=O)c1ccc(S(=O)(=O)N(C)CCCC(=O)OCc2cn3cc(Cl)ccc3n2)cc1. The highest BCUT2D eigenvalue weighted by molar-refractivity contribution is 7.89. The second kappa shape index (κ2) is 9.59. The van der Waals surface area contributed by atoms with Crippen LogP contribution in [0.1, 0.15) is 35.8 Å². The van der Waals surface area contributed by atoms with Gasteiger partial charge in [-0.1, -0.05) is 23.7 Å². The molecular formula is C21H22ClN3O5S. The third kappa shape index (κ3) is 5.69. The maximum Gasteiger partial charge on any atom is 0.306 e. The zero-order valence-corrected chi connectivity index (χ0v) is 18.7. The smallest absolute Gasteiger partial charge is 0.306 e. The van der Waals surface area contributed by atoms with E-state index in [0.29, 0.717) is 28.3 Å². The standard InChI is InChI=1S/C21H22ClN3O5S/c1-15(26)16-5-8-19(9-6-16)31(28,29)24(2)11-3-4-21(27)30-14-18-13-25-12-17(22)7-10-20(25)23-18/h5-10,12-13H,3-4,11,14H2,1-2H3. The molecule has 0 fully saturated rings. The topological polar surface area (TPSA) is 98.1 Å². The van der Waals surface area contributed by atoms with Gasteiger partial charge >= 0.3 is 5.97 Å². The molecule has 0 saturated carbocycles. The fourth-order valence-corrected chi connectivity index (χ4v) is 4.30. The van der Waals surface area contributed by atoms with E-state index in [1.165, 1.54) is 42.5 Å². The third-order valence-corrected chi connectivity index (χ3v) is 6.76. The Labute approximate surface area is 185 Å². The Morgan fingerprint density at radius 3 is 2.52 bits per heavy atom. The Bertz CT molecular complexity index is 1210. The van der Waals surface area contributed by atoms with Gasteiger partial charge in [-0.05, 0) is 37.6 Å². The number of Topliss-reactive ketones (excluding diaryl/α,β-unsaturated/α-hetero) is 1. The van der Waals surface area contributed by atoms with E-state index in [-0.39, 0.29) is 30.3 Å². The van der Waals surface area contributed by atoms with E-state index in [2.05, 4.69) is 4.98 Å². The second-order valence-corrected chi connectivity index (χ2v) is 9.50. The molecule has 0 atom stereocenters. The molecule has 0 aliphatic rings. The molecule has 0 aliphatic carbocycles. The lowest BCUT2D eigenvalue weighted by Gasteiger charge is -2.17. The van der Waals surface area contributed by atoms with Crippen LogP contribution in [0.2, 0.25) is 5.02 Å². The summed E-state index contributed by atoms with van der Waals surface area (Å²) in [6, 6.07) is 9.25. The predicted octanol–water partition coefficient (Wildman–Crippen LogP) is 3.33. The highest BCUT2D eigenvalue weighted by Crippen LogP contribution is 2.16. The molecule has 2 heterocycles. The normalized spacial score (nSPS) is 11.7. The minimum Gasteiger partial charge on any atom is -0.459 e. The van der Waals surface area contributed by atoms with Crippen molar-refractivity contribution in [3.05, 3.63) is 65.1 Å². The summed E-state index contributed by atoms with van der Waals surface area (Å²) in [6.45, 7) is 1.59. The van der Waals surface area contributed by atoms with Crippen LogP contribution in [0.4, 0.5) is 0 Å². The molecule has 0 bridgehead atoms. The Kier molecular flexibility index (Phi) is 7.09. The largest absolute Gasteiger partial charge is 0.459 e. The van der Waals surface area contributed by atoms with E-state index in [1.54, 1.807) is 28.9 Å². The van der Waals surface area contributed by atoms with Gasteiger partial charge < -0.3 is 9.14 Å². The minimum atomic E-state index is -3.71. The van der Waals surface area contributed by atoms with Gasteiger partial charge in [0.15, 0.2) is 5.78 Å². The molecule has 0 N–H and O–H groups in total. The molecule has 10 heteroatoms. The van der Waals surface area contributed by atoms with E-state index in [1.807, 2.05) is 0 Å². The summed E-state index contributed by atoms with van der Waals surface area (Å²) in [4.78, 5) is 27.8. The number of carbonyl (C=O) groups excluding carboxylic acids is 2. The highest BCUT2D eigenvalue weighted by atomic mass is 35.5. The van der Waals surface area contributed by atoms with E-state index in [9.17, 15) is 18.0 Å². The van der Waals surface area contributed by atoms with Gasteiger partial charge in [-0.2, -0.15) is 0 Å². The molecule has 0 radical (unpaired) electrons. The lowest BCUT2D eigenvalue weighted by Crippen LogP contribution is -2.28. The second-order valence-electron chi connectivity index (χ2n) is 7.02.